The van der Waals surface area contributed by atoms with E-state index >= 15 is 0 Å². The van der Waals surface area contributed by atoms with Crippen LogP contribution in [0.4, 0.5) is 4.39 Å². The molecule has 0 radical (unpaired) electrons. The van der Waals surface area contributed by atoms with Gasteiger partial charge in [0.2, 0.25) is 0 Å². The van der Waals surface area contributed by atoms with Crippen LogP contribution in [-0.2, 0) is 9.84 Å². The molecule has 3 aromatic carbocycles. The van der Waals surface area contributed by atoms with Crippen LogP contribution in [0.2, 0.25) is 0 Å². The fraction of sp³-hybridized carbons (Fsp3) is 0.182. The molecule has 0 aliphatic heterocycles. The van der Waals surface area contributed by atoms with Gasteiger partial charge >= 0.3 is 0 Å². The van der Waals surface area contributed by atoms with E-state index in [1.807, 2.05) is 0 Å². The van der Waals surface area contributed by atoms with Gasteiger partial charge in [0.25, 0.3) is 0 Å². The second-order valence-corrected chi connectivity index (χ2v) is 8.27. The molecule has 0 aromatic heterocycles. The highest BCUT2D eigenvalue weighted by Gasteiger charge is 2.36. The summed E-state index contributed by atoms with van der Waals surface area (Å²) in [6.45, 7) is 0. The Kier molecular flexibility index (Phi) is 6.08. The van der Waals surface area contributed by atoms with Crippen LogP contribution >= 0.6 is 0 Å². The fourth-order valence-corrected chi connectivity index (χ4v) is 5.04. The smallest absolute Gasteiger partial charge is 0.189 e. The van der Waals surface area contributed by atoms with Crippen molar-refractivity contribution in [2.75, 3.05) is 21.3 Å². The van der Waals surface area contributed by atoms with Crippen molar-refractivity contribution in [1.29, 1.82) is 0 Å². The fourth-order valence-electron chi connectivity index (χ4n) is 3.18. The molecule has 0 N–H and O–H groups in total. The van der Waals surface area contributed by atoms with Gasteiger partial charge in [-0.2, -0.15) is 0 Å². The first-order valence-electron chi connectivity index (χ1n) is 8.76. The number of halogens is 1. The average Bonchev–Trinajstić information content (AvgIpc) is 2.75. The van der Waals surface area contributed by atoms with Crippen molar-refractivity contribution in [3.05, 3.63) is 83.7 Å². The first kappa shape index (κ1) is 20.7. The maximum atomic E-state index is 13.7. The van der Waals surface area contributed by atoms with Gasteiger partial charge in [0.15, 0.2) is 9.84 Å². The van der Waals surface area contributed by atoms with Crippen molar-refractivity contribution in [1.82, 2.24) is 0 Å². The molecular weight excluding hydrogens is 395 g/mol. The van der Waals surface area contributed by atoms with Crippen molar-refractivity contribution in [2.24, 2.45) is 0 Å². The summed E-state index contributed by atoms with van der Waals surface area (Å²) in [5, 5.41) is -1.18. The molecule has 0 saturated heterocycles. The lowest BCUT2D eigenvalue weighted by Crippen LogP contribution is -2.17. The minimum Gasteiger partial charge on any atom is -0.496 e. The highest BCUT2D eigenvalue weighted by Crippen LogP contribution is 2.46. The molecule has 0 aliphatic rings. The molecule has 29 heavy (non-hydrogen) atoms. The minimum absolute atomic E-state index is 0.134. The highest BCUT2D eigenvalue weighted by atomic mass is 32.2. The normalized spacial score (nSPS) is 12.3. The number of sulfone groups is 1. The Bertz CT molecular complexity index is 1050. The molecule has 0 spiro atoms. The summed E-state index contributed by atoms with van der Waals surface area (Å²) < 4.78 is 57.1. The van der Waals surface area contributed by atoms with Gasteiger partial charge in [0.1, 0.15) is 28.3 Å². The Balaban J connectivity index is 2.34. The van der Waals surface area contributed by atoms with E-state index in [1.165, 1.54) is 57.7 Å². The maximum absolute atomic E-state index is 13.7. The summed E-state index contributed by atoms with van der Waals surface area (Å²) in [6.07, 6.45) is 0. The molecule has 0 aliphatic carbocycles. The summed E-state index contributed by atoms with van der Waals surface area (Å²) >= 11 is 0. The quantitative estimate of drug-likeness (QED) is 0.571. The third-order valence-electron chi connectivity index (χ3n) is 4.57. The molecule has 7 heteroatoms. The van der Waals surface area contributed by atoms with Gasteiger partial charge < -0.3 is 14.2 Å². The third-order valence-corrected chi connectivity index (χ3v) is 6.63. The van der Waals surface area contributed by atoms with Gasteiger partial charge in [0.05, 0.1) is 31.8 Å². The second-order valence-electron chi connectivity index (χ2n) is 6.24. The Morgan fingerprint density at radius 3 is 1.83 bits per heavy atom. The first-order valence-corrected chi connectivity index (χ1v) is 10.3. The lowest BCUT2D eigenvalue weighted by atomic mass is 10.0. The Hall–Kier alpha value is -3.06. The van der Waals surface area contributed by atoms with Gasteiger partial charge in [-0.05, 0) is 29.8 Å². The van der Waals surface area contributed by atoms with Crippen molar-refractivity contribution in [2.45, 2.75) is 10.1 Å². The lowest BCUT2D eigenvalue weighted by molar-refractivity contribution is 0.369. The van der Waals surface area contributed by atoms with Crippen LogP contribution in [0.3, 0.4) is 0 Å². The van der Waals surface area contributed by atoms with E-state index in [0.717, 1.165) is 0 Å². The van der Waals surface area contributed by atoms with Gasteiger partial charge in [-0.3, -0.25) is 0 Å². The van der Waals surface area contributed by atoms with Crippen LogP contribution in [0.15, 0.2) is 71.6 Å². The van der Waals surface area contributed by atoms with Gasteiger partial charge in [-0.25, -0.2) is 12.8 Å². The molecule has 0 amide bonds. The number of methoxy groups -OCH3 is 3. The lowest BCUT2D eigenvalue weighted by Gasteiger charge is -2.24. The van der Waals surface area contributed by atoms with Crippen molar-refractivity contribution in [3.63, 3.8) is 0 Å². The summed E-state index contributed by atoms with van der Waals surface area (Å²) in [4.78, 5) is 0.134. The zero-order chi connectivity index (χ0) is 21.0. The molecular formula is C22H21FO5S. The van der Waals surface area contributed by atoms with Crippen molar-refractivity contribution >= 4 is 9.84 Å². The van der Waals surface area contributed by atoms with Crippen molar-refractivity contribution < 1.29 is 27.0 Å². The molecule has 1 atom stereocenters. The molecule has 3 rings (SSSR count). The standard InChI is InChI=1S/C22H21FO5S/c1-26-17-13-19(27-2)21(20(14-17)28-3)22(15-9-11-16(23)12-10-15)29(24,25)18-7-5-4-6-8-18/h4-14,22H,1-3H3. The zero-order valence-corrected chi connectivity index (χ0v) is 17.1. The minimum atomic E-state index is -3.93. The van der Waals surface area contributed by atoms with E-state index < -0.39 is 20.9 Å². The summed E-state index contributed by atoms with van der Waals surface area (Å²) in [7, 11) is 0.442. The molecule has 152 valence electrons. The van der Waals surface area contributed by atoms with Crippen LogP contribution in [0.5, 0.6) is 17.2 Å². The zero-order valence-electron chi connectivity index (χ0n) is 16.3. The largest absolute Gasteiger partial charge is 0.496 e. The molecule has 0 fully saturated rings. The van der Waals surface area contributed by atoms with Gasteiger partial charge in [-0.1, -0.05) is 30.3 Å². The average molecular weight is 416 g/mol. The number of hydrogen-bond acceptors (Lipinski definition) is 5. The van der Waals surface area contributed by atoms with E-state index in [4.69, 9.17) is 14.2 Å². The molecule has 0 bridgehead atoms. The molecule has 0 heterocycles. The maximum Gasteiger partial charge on any atom is 0.189 e. The van der Waals surface area contributed by atoms with Crippen LogP contribution in [0.1, 0.15) is 16.4 Å². The number of rotatable bonds is 7. The predicted molar refractivity (Wildman–Crippen MR) is 108 cm³/mol. The topological polar surface area (TPSA) is 61.8 Å². The first-order chi connectivity index (χ1) is 13.9. The Labute approximate surface area is 169 Å². The van der Waals surface area contributed by atoms with Crippen LogP contribution in [-0.4, -0.2) is 29.7 Å². The Morgan fingerprint density at radius 2 is 1.34 bits per heavy atom. The van der Waals surface area contributed by atoms with E-state index in [0.29, 0.717) is 16.9 Å². The van der Waals surface area contributed by atoms with Crippen LogP contribution < -0.4 is 14.2 Å². The Morgan fingerprint density at radius 1 is 0.793 bits per heavy atom. The van der Waals surface area contributed by atoms with Gasteiger partial charge in [-0.15, -0.1) is 0 Å². The highest BCUT2D eigenvalue weighted by molar-refractivity contribution is 7.92. The summed E-state index contributed by atoms with van der Waals surface area (Å²) in [5.41, 5.74) is 0.697. The summed E-state index contributed by atoms with van der Waals surface area (Å²) in [5.74, 6) is 0.570. The number of hydrogen-bond donors (Lipinski definition) is 0. The monoisotopic (exact) mass is 416 g/mol. The van der Waals surface area contributed by atoms with E-state index in [1.54, 1.807) is 30.3 Å². The SMILES string of the molecule is COc1cc(OC)c(C(c2ccc(F)cc2)S(=O)(=O)c2ccccc2)c(OC)c1. The number of ether oxygens (including phenoxy) is 3. The van der Waals surface area contributed by atoms with E-state index in [-0.39, 0.29) is 16.4 Å². The van der Waals surface area contributed by atoms with Crippen LogP contribution in [0.25, 0.3) is 0 Å². The van der Waals surface area contributed by atoms with E-state index in [9.17, 15) is 12.8 Å². The molecule has 5 nitrogen and oxygen atoms in total. The molecule has 1 unspecified atom stereocenters. The van der Waals surface area contributed by atoms with E-state index in [2.05, 4.69) is 0 Å². The summed E-state index contributed by atoms with van der Waals surface area (Å²) in [6, 6.07) is 16.6. The molecule has 3 aromatic rings. The molecule has 0 saturated carbocycles. The third kappa shape index (κ3) is 4.05. The number of benzene rings is 3. The predicted octanol–water partition coefficient (Wildman–Crippen LogP) is 4.41. The van der Waals surface area contributed by atoms with Crippen molar-refractivity contribution in [3.8, 4) is 17.2 Å². The second kappa shape index (κ2) is 8.53. The van der Waals surface area contributed by atoms with Gasteiger partial charge in [0, 0.05) is 12.1 Å². The van der Waals surface area contributed by atoms with Crippen LogP contribution in [0, 0.1) is 5.82 Å².